The summed E-state index contributed by atoms with van der Waals surface area (Å²) in [6, 6.07) is 8.40. The van der Waals surface area contributed by atoms with Crippen LogP contribution in [0.5, 0.6) is 0 Å². The van der Waals surface area contributed by atoms with Gasteiger partial charge in [0.15, 0.2) is 0 Å². The summed E-state index contributed by atoms with van der Waals surface area (Å²) in [6.45, 7) is 1.66. The first-order valence-electron chi connectivity index (χ1n) is 7.86. The van der Waals surface area contributed by atoms with E-state index in [2.05, 4.69) is 24.4 Å². The van der Waals surface area contributed by atoms with Crippen molar-refractivity contribution < 1.29 is 4.79 Å². The van der Waals surface area contributed by atoms with E-state index >= 15 is 0 Å². The third-order valence-electron chi connectivity index (χ3n) is 6.18. The van der Waals surface area contributed by atoms with E-state index in [1.807, 2.05) is 10.6 Å². The zero-order valence-corrected chi connectivity index (χ0v) is 11.8. The minimum atomic E-state index is 0.126. The molecule has 0 amide bonds. The smallest absolute Gasteiger partial charge is 0.227 e. The number of carbonyl (C=O) groups excluding carboxylic acids is 1. The Bertz CT molecular complexity index is 712. The third-order valence-corrected chi connectivity index (χ3v) is 6.18. The maximum atomic E-state index is 11.9. The van der Waals surface area contributed by atoms with Crippen LogP contribution in [0.25, 0.3) is 10.9 Å². The normalized spacial score (nSPS) is 37.4. The number of hydrogen-bond donors (Lipinski definition) is 0. The molecule has 1 aromatic heterocycles. The average molecular weight is 265 g/mol. The van der Waals surface area contributed by atoms with Gasteiger partial charge < -0.3 is 0 Å². The van der Waals surface area contributed by atoms with Crippen LogP contribution in [0.4, 0.5) is 0 Å². The molecular formula is C18H19NO. The molecule has 2 bridgehead atoms. The van der Waals surface area contributed by atoms with Gasteiger partial charge in [0.2, 0.25) is 5.91 Å². The molecule has 3 saturated carbocycles. The summed E-state index contributed by atoms with van der Waals surface area (Å²) in [5.74, 6) is 4.69. The molecule has 5 rings (SSSR count). The van der Waals surface area contributed by atoms with Crippen LogP contribution < -0.4 is 0 Å². The van der Waals surface area contributed by atoms with Crippen LogP contribution in [0.2, 0.25) is 0 Å². The lowest BCUT2D eigenvalue weighted by Crippen LogP contribution is -2.03. The highest BCUT2D eigenvalue weighted by Gasteiger charge is 2.65. The minimum Gasteiger partial charge on any atom is -0.287 e. The van der Waals surface area contributed by atoms with E-state index in [1.165, 1.54) is 30.2 Å². The predicted octanol–water partition coefficient (Wildman–Crippen LogP) is 4.06. The van der Waals surface area contributed by atoms with Gasteiger partial charge in [-0.05, 0) is 60.5 Å². The lowest BCUT2D eigenvalue weighted by molar-refractivity contribution is 0.0941. The van der Waals surface area contributed by atoms with Crippen LogP contribution in [0.1, 0.15) is 42.5 Å². The van der Waals surface area contributed by atoms with E-state index in [1.54, 1.807) is 6.92 Å². The monoisotopic (exact) mass is 265 g/mol. The highest BCUT2D eigenvalue weighted by atomic mass is 16.1. The van der Waals surface area contributed by atoms with Crippen LogP contribution in [-0.2, 0) is 0 Å². The van der Waals surface area contributed by atoms with Crippen molar-refractivity contribution in [3.8, 4) is 0 Å². The van der Waals surface area contributed by atoms with Crippen molar-refractivity contribution in [1.82, 2.24) is 4.57 Å². The van der Waals surface area contributed by atoms with Gasteiger partial charge in [-0.2, -0.15) is 0 Å². The minimum absolute atomic E-state index is 0.126. The number of rotatable bonds is 1. The molecule has 0 N–H and O–H groups in total. The Kier molecular flexibility index (Phi) is 1.97. The molecule has 2 nitrogen and oxygen atoms in total. The Balaban J connectivity index is 1.66. The molecule has 1 aromatic carbocycles. The standard InChI is InChI=1S/C18H19NO/c1-10(20)19-9-14(13-4-2-3-5-15(13)19)18-16-11-6-7-12(8-11)17(16)18/h2-5,9,11-12,16-18H,6-8H2,1H3/t11-,12+,16+,17-,18?. The van der Waals surface area contributed by atoms with E-state index in [-0.39, 0.29) is 5.91 Å². The molecule has 2 aromatic rings. The molecule has 0 aliphatic heterocycles. The lowest BCUT2D eigenvalue weighted by atomic mass is 9.97. The zero-order valence-electron chi connectivity index (χ0n) is 11.8. The van der Waals surface area contributed by atoms with Crippen molar-refractivity contribution in [3.63, 3.8) is 0 Å². The molecule has 1 unspecified atom stereocenters. The number of fused-ring (bicyclic) bond motifs is 6. The molecular weight excluding hydrogens is 246 g/mol. The van der Waals surface area contributed by atoms with Gasteiger partial charge in [0.05, 0.1) is 5.52 Å². The number of benzene rings is 1. The first-order valence-corrected chi connectivity index (χ1v) is 7.86. The molecule has 20 heavy (non-hydrogen) atoms. The second-order valence-electron chi connectivity index (χ2n) is 7.00. The maximum absolute atomic E-state index is 11.9. The fourth-order valence-corrected chi connectivity index (χ4v) is 5.47. The van der Waals surface area contributed by atoms with E-state index in [4.69, 9.17) is 0 Å². The molecule has 3 aliphatic rings. The predicted molar refractivity (Wildman–Crippen MR) is 78.8 cm³/mol. The summed E-state index contributed by atoms with van der Waals surface area (Å²) >= 11 is 0. The molecule has 3 fully saturated rings. The third kappa shape index (κ3) is 1.23. The first kappa shape index (κ1) is 11.1. The number of nitrogens with zero attached hydrogens (tertiary/aromatic N) is 1. The summed E-state index contributed by atoms with van der Waals surface area (Å²) < 4.78 is 1.85. The van der Waals surface area contributed by atoms with Gasteiger partial charge in [0.1, 0.15) is 0 Å². The summed E-state index contributed by atoms with van der Waals surface area (Å²) in [5.41, 5.74) is 2.54. The molecule has 0 saturated heterocycles. The Labute approximate surface area is 118 Å². The summed E-state index contributed by atoms with van der Waals surface area (Å²) in [6.07, 6.45) is 6.52. The van der Waals surface area contributed by atoms with Gasteiger partial charge in [0.25, 0.3) is 0 Å². The molecule has 0 radical (unpaired) electrons. The lowest BCUT2D eigenvalue weighted by Gasteiger charge is -2.07. The van der Waals surface area contributed by atoms with Gasteiger partial charge >= 0.3 is 0 Å². The second kappa shape index (κ2) is 3.55. The molecule has 5 atom stereocenters. The zero-order chi connectivity index (χ0) is 13.4. The number of aromatic nitrogens is 1. The molecule has 3 aliphatic carbocycles. The second-order valence-corrected chi connectivity index (χ2v) is 7.00. The number of carbonyl (C=O) groups is 1. The Morgan fingerprint density at radius 2 is 1.85 bits per heavy atom. The van der Waals surface area contributed by atoms with Gasteiger partial charge in [-0.15, -0.1) is 0 Å². The van der Waals surface area contributed by atoms with Crippen molar-refractivity contribution in [2.75, 3.05) is 0 Å². The highest BCUT2D eigenvalue weighted by molar-refractivity contribution is 5.94. The largest absolute Gasteiger partial charge is 0.287 e. The van der Waals surface area contributed by atoms with Gasteiger partial charge in [-0.1, -0.05) is 18.2 Å². The van der Waals surface area contributed by atoms with E-state index in [9.17, 15) is 4.79 Å². The number of para-hydroxylation sites is 1. The van der Waals surface area contributed by atoms with E-state index < -0.39 is 0 Å². The van der Waals surface area contributed by atoms with Crippen LogP contribution >= 0.6 is 0 Å². The van der Waals surface area contributed by atoms with Crippen LogP contribution in [0, 0.1) is 23.7 Å². The summed E-state index contributed by atoms with van der Waals surface area (Å²) in [7, 11) is 0. The Morgan fingerprint density at radius 3 is 2.55 bits per heavy atom. The summed E-state index contributed by atoms with van der Waals surface area (Å²) in [4.78, 5) is 11.9. The maximum Gasteiger partial charge on any atom is 0.227 e. The molecule has 0 spiro atoms. The topological polar surface area (TPSA) is 22.0 Å². The van der Waals surface area contributed by atoms with Crippen molar-refractivity contribution in [2.45, 2.75) is 32.1 Å². The fraction of sp³-hybridized carbons (Fsp3) is 0.500. The SMILES string of the molecule is CC(=O)n1cc(C2[C@@H]3[C@H]4CC[C@H](C4)[C@H]23)c2ccccc21. The molecule has 1 heterocycles. The average Bonchev–Trinajstić information content (AvgIpc) is 2.81. The fourth-order valence-electron chi connectivity index (χ4n) is 5.47. The number of hydrogen-bond acceptors (Lipinski definition) is 1. The molecule has 2 heteroatoms. The van der Waals surface area contributed by atoms with Crippen molar-refractivity contribution >= 4 is 16.8 Å². The summed E-state index contributed by atoms with van der Waals surface area (Å²) in [5, 5.41) is 1.31. The van der Waals surface area contributed by atoms with Gasteiger partial charge in [-0.3, -0.25) is 9.36 Å². The van der Waals surface area contributed by atoms with Crippen LogP contribution in [0.15, 0.2) is 30.5 Å². The van der Waals surface area contributed by atoms with Crippen molar-refractivity contribution in [2.24, 2.45) is 23.7 Å². The van der Waals surface area contributed by atoms with Gasteiger partial charge in [-0.25, -0.2) is 0 Å². The Hall–Kier alpha value is -1.57. The highest BCUT2D eigenvalue weighted by Crippen LogP contribution is 2.73. The quantitative estimate of drug-likeness (QED) is 0.762. The van der Waals surface area contributed by atoms with E-state index in [0.29, 0.717) is 0 Å². The van der Waals surface area contributed by atoms with Crippen molar-refractivity contribution in [3.05, 3.63) is 36.0 Å². The van der Waals surface area contributed by atoms with Crippen molar-refractivity contribution in [1.29, 1.82) is 0 Å². The van der Waals surface area contributed by atoms with E-state index in [0.717, 1.165) is 35.1 Å². The van der Waals surface area contributed by atoms with Crippen LogP contribution in [-0.4, -0.2) is 10.5 Å². The molecule has 102 valence electrons. The first-order chi connectivity index (χ1) is 9.75. The van der Waals surface area contributed by atoms with Crippen LogP contribution in [0.3, 0.4) is 0 Å². The Morgan fingerprint density at radius 1 is 1.15 bits per heavy atom. The van der Waals surface area contributed by atoms with Gasteiger partial charge in [0, 0.05) is 18.5 Å².